The molecule has 5 heteroatoms. The number of fused-ring (bicyclic) bond motifs is 1. The number of nitrogens with one attached hydrogen (secondary N) is 2. The van der Waals surface area contributed by atoms with Gasteiger partial charge < -0.3 is 15.4 Å². The molecule has 1 aromatic carbocycles. The molecule has 0 unspecified atom stereocenters. The van der Waals surface area contributed by atoms with Gasteiger partial charge in [-0.3, -0.25) is 4.79 Å². The molecular weight excluding hydrogens is 235 g/mol. The molecule has 0 saturated carbocycles. The fourth-order valence-electron chi connectivity index (χ4n) is 2.54. The van der Waals surface area contributed by atoms with E-state index in [1.165, 1.54) is 12.1 Å². The largest absolute Gasteiger partial charge is 0.382 e. The Balaban J connectivity index is 1.92. The van der Waals surface area contributed by atoms with Gasteiger partial charge in [0.2, 0.25) is 5.91 Å². The lowest BCUT2D eigenvalue weighted by Gasteiger charge is -2.34. The van der Waals surface area contributed by atoms with Crippen LogP contribution in [0, 0.1) is 11.2 Å². The summed E-state index contributed by atoms with van der Waals surface area (Å²) in [6.45, 7) is 1.72. The van der Waals surface area contributed by atoms with Gasteiger partial charge in [0.1, 0.15) is 5.82 Å². The SMILES string of the molecule is O=C1Nc2ccc(F)cc2NCC12CCOCC2. The van der Waals surface area contributed by atoms with E-state index >= 15 is 0 Å². The Morgan fingerprint density at radius 3 is 2.78 bits per heavy atom. The van der Waals surface area contributed by atoms with Gasteiger partial charge in [0.25, 0.3) is 0 Å². The zero-order valence-electron chi connectivity index (χ0n) is 9.96. The van der Waals surface area contributed by atoms with Gasteiger partial charge in [0, 0.05) is 19.8 Å². The summed E-state index contributed by atoms with van der Waals surface area (Å²) in [4.78, 5) is 12.3. The first-order valence-corrected chi connectivity index (χ1v) is 6.12. The minimum Gasteiger partial charge on any atom is -0.382 e. The number of anilines is 2. The summed E-state index contributed by atoms with van der Waals surface area (Å²) in [5.74, 6) is -0.304. The molecule has 1 aromatic rings. The van der Waals surface area contributed by atoms with E-state index in [0.29, 0.717) is 44.0 Å². The maximum absolute atomic E-state index is 13.2. The fourth-order valence-corrected chi connectivity index (χ4v) is 2.54. The predicted octanol–water partition coefficient (Wildman–Crippen LogP) is 1.99. The van der Waals surface area contributed by atoms with Crippen LogP contribution in [-0.4, -0.2) is 25.7 Å². The van der Waals surface area contributed by atoms with Crippen molar-refractivity contribution < 1.29 is 13.9 Å². The van der Waals surface area contributed by atoms with Crippen molar-refractivity contribution in [2.75, 3.05) is 30.4 Å². The number of amides is 1. The van der Waals surface area contributed by atoms with Crippen LogP contribution in [0.2, 0.25) is 0 Å². The van der Waals surface area contributed by atoms with Crippen LogP contribution in [0.3, 0.4) is 0 Å². The molecular formula is C13H15FN2O2. The lowest BCUT2D eigenvalue weighted by atomic mass is 9.79. The molecule has 1 saturated heterocycles. The van der Waals surface area contributed by atoms with Gasteiger partial charge in [-0.2, -0.15) is 0 Å². The van der Waals surface area contributed by atoms with E-state index in [4.69, 9.17) is 4.74 Å². The normalized spacial score (nSPS) is 21.7. The molecule has 2 N–H and O–H groups in total. The Kier molecular flexibility index (Phi) is 2.70. The fraction of sp³-hybridized carbons (Fsp3) is 0.462. The third-order valence-electron chi connectivity index (χ3n) is 3.78. The van der Waals surface area contributed by atoms with Gasteiger partial charge >= 0.3 is 0 Å². The van der Waals surface area contributed by atoms with E-state index in [1.807, 2.05) is 0 Å². The van der Waals surface area contributed by atoms with Crippen molar-refractivity contribution in [2.24, 2.45) is 5.41 Å². The summed E-state index contributed by atoms with van der Waals surface area (Å²) >= 11 is 0. The maximum atomic E-state index is 13.2. The first-order chi connectivity index (χ1) is 8.70. The Labute approximate surface area is 105 Å². The lowest BCUT2D eigenvalue weighted by molar-refractivity contribution is -0.129. The van der Waals surface area contributed by atoms with E-state index < -0.39 is 5.41 Å². The standard InChI is InChI=1S/C13H15FN2O2/c14-9-1-2-10-11(7-9)15-8-13(12(17)16-10)3-5-18-6-4-13/h1-2,7,15H,3-6,8H2,(H,16,17). The zero-order valence-corrected chi connectivity index (χ0v) is 9.96. The van der Waals surface area contributed by atoms with Gasteiger partial charge in [-0.05, 0) is 31.0 Å². The molecule has 1 amide bonds. The highest BCUT2D eigenvalue weighted by Gasteiger charge is 2.41. The maximum Gasteiger partial charge on any atom is 0.232 e. The topological polar surface area (TPSA) is 50.4 Å². The van der Waals surface area contributed by atoms with E-state index in [-0.39, 0.29) is 11.7 Å². The number of hydrogen-bond acceptors (Lipinski definition) is 3. The second-order valence-corrected chi connectivity index (χ2v) is 4.89. The minimum atomic E-state index is -0.437. The molecule has 0 bridgehead atoms. The molecule has 0 aliphatic carbocycles. The van der Waals surface area contributed by atoms with Gasteiger partial charge in [-0.25, -0.2) is 4.39 Å². The second-order valence-electron chi connectivity index (χ2n) is 4.89. The molecule has 3 rings (SSSR count). The number of halogens is 1. The Morgan fingerprint density at radius 1 is 1.22 bits per heavy atom. The summed E-state index contributed by atoms with van der Waals surface area (Å²) in [6.07, 6.45) is 1.39. The number of rotatable bonds is 0. The Hall–Kier alpha value is -1.62. The van der Waals surface area contributed by atoms with E-state index in [9.17, 15) is 9.18 Å². The third-order valence-corrected chi connectivity index (χ3v) is 3.78. The van der Waals surface area contributed by atoms with Crippen LogP contribution < -0.4 is 10.6 Å². The van der Waals surface area contributed by atoms with Crippen LogP contribution in [0.15, 0.2) is 18.2 Å². The summed E-state index contributed by atoms with van der Waals surface area (Å²) in [5.41, 5.74) is 0.852. The highest BCUT2D eigenvalue weighted by atomic mass is 19.1. The summed E-state index contributed by atoms with van der Waals surface area (Å²) in [5, 5.41) is 6.06. The molecule has 0 aromatic heterocycles. The quantitative estimate of drug-likeness (QED) is 0.740. The molecule has 1 spiro atoms. The third kappa shape index (κ3) is 1.84. The highest BCUT2D eigenvalue weighted by Crippen LogP contribution is 2.37. The number of hydrogen-bond donors (Lipinski definition) is 2. The van der Waals surface area contributed by atoms with Crippen molar-refractivity contribution in [3.8, 4) is 0 Å². The van der Waals surface area contributed by atoms with Crippen molar-refractivity contribution in [3.05, 3.63) is 24.0 Å². The van der Waals surface area contributed by atoms with Crippen LogP contribution >= 0.6 is 0 Å². The second kappa shape index (κ2) is 4.24. The van der Waals surface area contributed by atoms with Crippen molar-refractivity contribution >= 4 is 17.3 Å². The van der Waals surface area contributed by atoms with Gasteiger partial charge in [0.15, 0.2) is 0 Å². The van der Waals surface area contributed by atoms with E-state index in [0.717, 1.165) is 0 Å². The molecule has 0 atom stereocenters. The molecule has 0 radical (unpaired) electrons. The zero-order chi connectivity index (χ0) is 12.6. The van der Waals surface area contributed by atoms with Crippen molar-refractivity contribution in [3.63, 3.8) is 0 Å². The predicted molar refractivity (Wildman–Crippen MR) is 66.0 cm³/mol. The summed E-state index contributed by atoms with van der Waals surface area (Å²) < 4.78 is 18.5. The van der Waals surface area contributed by atoms with Gasteiger partial charge in [-0.15, -0.1) is 0 Å². The first-order valence-electron chi connectivity index (χ1n) is 6.12. The van der Waals surface area contributed by atoms with Crippen molar-refractivity contribution in [1.29, 1.82) is 0 Å². The number of carbonyl (C=O) groups is 1. The van der Waals surface area contributed by atoms with Crippen molar-refractivity contribution in [2.45, 2.75) is 12.8 Å². The lowest BCUT2D eigenvalue weighted by Crippen LogP contribution is -2.44. The van der Waals surface area contributed by atoms with Crippen LogP contribution in [0.1, 0.15) is 12.8 Å². The number of ether oxygens (including phenoxy) is 1. The van der Waals surface area contributed by atoms with Crippen LogP contribution in [-0.2, 0) is 9.53 Å². The van der Waals surface area contributed by atoms with Crippen LogP contribution in [0.25, 0.3) is 0 Å². The number of carbonyl (C=O) groups excluding carboxylic acids is 1. The van der Waals surface area contributed by atoms with Gasteiger partial charge in [-0.1, -0.05) is 0 Å². The number of benzene rings is 1. The molecule has 18 heavy (non-hydrogen) atoms. The summed E-state index contributed by atoms with van der Waals surface area (Å²) in [6, 6.07) is 4.35. The average Bonchev–Trinajstić information content (AvgIpc) is 2.51. The monoisotopic (exact) mass is 250 g/mol. The van der Waals surface area contributed by atoms with E-state index in [1.54, 1.807) is 6.07 Å². The average molecular weight is 250 g/mol. The summed E-state index contributed by atoms with van der Waals surface area (Å²) in [7, 11) is 0. The Bertz CT molecular complexity index is 484. The molecule has 96 valence electrons. The smallest absolute Gasteiger partial charge is 0.232 e. The molecule has 1 fully saturated rings. The highest BCUT2D eigenvalue weighted by molar-refractivity contribution is 5.99. The van der Waals surface area contributed by atoms with E-state index in [2.05, 4.69) is 10.6 Å². The molecule has 2 aliphatic rings. The van der Waals surface area contributed by atoms with Gasteiger partial charge in [0.05, 0.1) is 16.8 Å². The minimum absolute atomic E-state index is 0.00339. The molecule has 4 nitrogen and oxygen atoms in total. The van der Waals surface area contributed by atoms with Crippen LogP contribution in [0.5, 0.6) is 0 Å². The molecule has 2 aliphatic heterocycles. The first kappa shape index (κ1) is 11.5. The van der Waals surface area contributed by atoms with Crippen molar-refractivity contribution in [1.82, 2.24) is 0 Å². The Morgan fingerprint density at radius 2 is 2.00 bits per heavy atom. The molecule has 2 heterocycles. The van der Waals surface area contributed by atoms with Crippen LogP contribution in [0.4, 0.5) is 15.8 Å².